The van der Waals surface area contributed by atoms with Crippen LogP contribution in [0.25, 0.3) is 0 Å². The van der Waals surface area contributed by atoms with Gasteiger partial charge in [-0.25, -0.2) is 18.1 Å². The topological polar surface area (TPSA) is 90.0 Å². The highest BCUT2D eigenvalue weighted by molar-refractivity contribution is 7.89. The summed E-state index contributed by atoms with van der Waals surface area (Å²) in [6, 6.07) is 0. The molecule has 1 heterocycles. The van der Waals surface area contributed by atoms with E-state index in [9.17, 15) is 8.42 Å². The van der Waals surface area contributed by atoms with E-state index in [1.54, 1.807) is 14.0 Å². The summed E-state index contributed by atoms with van der Waals surface area (Å²) in [5.41, 5.74) is 5.48. The molecule has 0 bridgehead atoms. The number of nitrogen functional groups attached to an aromatic ring is 1. The molecule has 0 unspecified atom stereocenters. The van der Waals surface area contributed by atoms with Gasteiger partial charge in [0.25, 0.3) is 10.0 Å². The van der Waals surface area contributed by atoms with Gasteiger partial charge in [-0.05, 0) is 6.92 Å². The lowest BCUT2D eigenvalue weighted by Gasteiger charge is -2.06. The van der Waals surface area contributed by atoms with Gasteiger partial charge in [-0.15, -0.1) is 11.8 Å². The van der Waals surface area contributed by atoms with E-state index < -0.39 is 10.0 Å². The number of rotatable bonds is 4. The molecule has 0 saturated heterocycles. The van der Waals surface area contributed by atoms with Gasteiger partial charge in [0.1, 0.15) is 0 Å². The van der Waals surface area contributed by atoms with Crippen molar-refractivity contribution >= 4 is 15.8 Å². The van der Waals surface area contributed by atoms with Gasteiger partial charge in [-0.2, -0.15) is 0 Å². The molecule has 6 nitrogen and oxygen atoms in total. The average Bonchev–Trinajstić information content (AvgIpc) is 2.54. The van der Waals surface area contributed by atoms with Crippen molar-refractivity contribution in [1.29, 1.82) is 0 Å². The van der Waals surface area contributed by atoms with Gasteiger partial charge < -0.3 is 10.3 Å². The first-order valence-corrected chi connectivity index (χ1v) is 6.13. The molecular weight excluding hydrogens is 228 g/mol. The first-order chi connectivity index (χ1) is 7.49. The fourth-order valence-electron chi connectivity index (χ4n) is 1.21. The minimum atomic E-state index is -3.60. The number of imidazole rings is 1. The minimum absolute atomic E-state index is 0.00317. The van der Waals surface area contributed by atoms with E-state index in [4.69, 9.17) is 5.73 Å². The number of hydrogen-bond acceptors (Lipinski definition) is 4. The van der Waals surface area contributed by atoms with Crippen molar-refractivity contribution in [2.75, 3.05) is 12.3 Å². The van der Waals surface area contributed by atoms with E-state index in [-0.39, 0.29) is 17.4 Å². The lowest BCUT2D eigenvalue weighted by Crippen LogP contribution is -2.27. The molecule has 3 N–H and O–H groups in total. The monoisotopic (exact) mass is 242 g/mol. The van der Waals surface area contributed by atoms with Crippen LogP contribution in [0, 0.1) is 11.8 Å². The molecular formula is C9H14N4O2S. The Morgan fingerprint density at radius 1 is 1.62 bits per heavy atom. The molecule has 16 heavy (non-hydrogen) atoms. The maximum absolute atomic E-state index is 11.8. The number of aromatic nitrogens is 2. The summed E-state index contributed by atoms with van der Waals surface area (Å²) in [4.78, 5) is 3.72. The van der Waals surface area contributed by atoms with E-state index in [1.165, 1.54) is 10.9 Å². The Bertz CT molecular complexity index is 502. The molecule has 0 saturated carbocycles. The number of anilines is 1. The van der Waals surface area contributed by atoms with Crippen LogP contribution < -0.4 is 10.5 Å². The van der Waals surface area contributed by atoms with Crippen molar-refractivity contribution in [1.82, 2.24) is 14.3 Å². The summed E-state index contributed by atoms with van der Waals surface area (Å²) in [6.07, 6.45) is 1.82. The van der Waals surface area contributed by atoms with Crippen molar-refractivity contribution in [2.45, 2.75) is 18.4 Å². The fourth-order valence-corrected chi connectivity index (χ4v) is 2.47. The van der Waals surface area contributed by atoms with Crippen molar-refractivity contribution < 1.29 is 8.42 Å². The second-order valence-electron chi connectivity index (χ2n) is 3.12. The zero-order valence-corrected chi connectivity index (χ0v) is 10.0. The molecule has 0 aromatic carbocycles. The molecule has 1 rings (SSSR count). The standard InChI is InChI=1S/C9H14N4O2S/c1-3-4-5-6-12-16(14,15)9-8(10)11-7-13(9)2/h7,12H,5-6,10H2,1-2H3. The smallest absolute Gasteiger partial charge is 0.260 e. The summed E-state index contributed by atoms with van der Waals surface area (Å²) < 4.78 is 27.4. The molecule has 0 amide bonds. The SMILES string of the molecule is CC#CCCNS(=O)(=O)c1c(N)ncn1C. The molecule has 7 heteroatoms. The quantitative estimate of drug-likeness (QED) is 0.560. The van der Waals surface area contributed by atoms with Crippen LogP contribution in [-0.2, 0) is 17.1 Å². The normalized spacial score (nSPS) is 10.9. The van der Waals surface area contributed by atoms with Gasteiger partial charge >= 0.3 is 0 Å². The van der Waals surface area contributed by atoms with Crippen LogP contribution in [0.15, 0.2) is 11.4 Å². The van der Waals surface area contributed by atoms with Gasteiger partial charge in [-0.1, -0.05) is 0 Å². The molecule has 0 aliphatic rings. The largest absolute Gasteiger partial charge is 0.381 e. The second kappa shape index (κ2) is 5.01. The van der Waals surface area contributed by atoms with Crippen molar-refractivity contribution in [3.05, 3.63) is 6.33 Å². The maximum Gasteiger partial charge on any atom is 0.260 e. The molecule has 88 valence electrons. The zero-order chi connectivity index (χ0) is 12.2. The molecule has 0 aliphatic carbocycles. The second-order valence-corrected chi connectivity index (χ2v) is 4.80. The molecule has 0 aliphatic heterocycles. The fraction of sp³-hybridized carbons (Fsp3) is 0.444. The van der Waals surface area contributed by atoms with E-state index in [0.29, 0.717) is 6.42 Å². The predicted octanol–water partition coefficient (Wildman–Crippen LogP) is -0.306. The van der Waals surface area contributed by atoms with Crippen LogP contribution in [0.5, 0.6) is 0 Å². The molecule has 1 aromatic rings. The number of nitrogens with zero attached hydrogens (tertiary/aromatic N) is 2. The number of aryl methyl sites for hydroxylation is 1. The van der Waals surface area contributed by atoms with Gasteiger partial charge in [-0.3, -0.25) is 0 Å². The van der Waals surface area contributed by atoms with Crippen LogP contribution in [-0.4, -0.2) is 24.5 Å². The van der Waals surface area contributed by atoms with Crippen LogP contribution in [0.1, 0.15) is 13.3 Å². The highest BCUT2D eigenvalue weighted by Crippen LogP contribution is 2.14. The summed E-state index contributed by atoms with van der Waals surface area (Å²) in [7, 11) is -2.03. The molecule has 0 atom stereocenters. The number of sulfonamides is 1. The Morgan fingerprint density at radius 3 is 2.81 bits per heavy atom. The van der Waals surface area contributed by atoms with Gasteiger partial charge in [0.2, 0.25) is 0 Å². The molecule has 0 spiro atoms. The first-order valence-electron chi connectivity index (χ1n) is 4.65. The van der Waals surface area contributed by atoms with Gasteiger partial charge in [0.05, 0.1) is 6.33 Å². The van der Waals surface area contributed by atoms with Crippen LogP contribution in [0.2, 0.25) is 0 Å². The van der Waals surface area contributed by atoms with E-state index >= 15 is 0 Å². The molecule has 0 radical (unpaired) electrons. The Labute approximate surface area is 94.9 Å². The highest BCUT2D eigenvalue weighted by Gasteiger charge is 2.21. The number of nitrogens with one attached hydrogen (secondary N) is 1. The molecule has 1 aromatic heterocycles. The Kier molecular flexibility index (Phi) is 3.93. The van der Waals surface area contributed by atoms with Crippen molar-refractivity contribution in [3.63, 3.8) is 0 Å². The number of hydrogen-bond donors (Lipinski definition) is 2. The molecule has 0 fully saturated rings. The van der Waals surface area contributed by atoms with E-state index in [1.807, 2.05) is 0 Å². The highest BCUT2D eigenvalue weighted by atomic mass is 32.2. The Hall–Kier alpha value is -1.52. The summed E-state index contributed by atoms with van der Waals surface area (Å²) >= 11 is 0. The summed E-state index contributed by atoms with van der Waals surface area (Å²) in [6.45, 7) is 1.96. The lowest BCUT2D eigenvalue weighted by molar-refractivity contribution is 0.573. The maximum atomic E-state index is 11.8. The van der Waals surface area contributed by atoms with Crippen molar-refractivity contribution in [3.8, 4) is 11.8 Å². The third-order valence-corrected chi connectivity index (χ3v) is 3.47. The lowest BCUT2D eigenvalue weighted by atomic mass is 10.4. The number of nitrogens with two attached hydrogens (primary N) is 1. The third kappa shape index (κ3) is 2.74. The van der Waals surface area contributed by atoms with Crippen LogP contribution in [0.3, 0.4) is 0 Å². The van der Waals surface area contributed by atoms with Crippen LogP contribution in [0.4, 0.5) is 5.82 Å². The average molecular weight is 242 g/mol. The van der Waals surface area contributed by atoms with Gasteiger partial charge in [0.15, 0.2) is 10.8 Å². The third-order valence-electron chi connectivity index (χ3n) is 1.88. The minimum Gasteiger partial charge on any atom is -0.381 e. The Morgan fingerprint density at radius 2 is 2.31 bits per heavy atom. The predicted molar refractivity (Wildman–Crippen MR) is 60.9 cm³/mol. The summed E-state index contributed by atoms with van der Waals surface area (Å²) in [5.74, 6) is 5.45. The van der Waals surface area contributed by atoms with Crippen molar-refractivity contribution in [2.24, 2.45) is 7.05 Å². The first kappa shape index (κ1) is 12.5. The van der Waals surface area contributed by atoms with Crippen LogP contribution >= 0.6 is 0 Å². The van der Waals surface area contributed by atoms with Gasteiger partial charge in [0, 0.05) is 20.0 Å². The Balaban J connectivity index is 2.81. The van der Waals surface area contributed by atoms with E-state index in [2.05, 4.69) is 21.5 Å². The summed E-state index contributed by atoms with van der Waals surface area (Å²) in [5, 5.41) is -0.0167. The zero-order valence-electron chi connectivity index (χ0n) is 9.19. The van der Waals surface area contributed by atoms with E-state index in [0.717, 1.165) is 0 Å².